The summed E-state index contributed by atoms with van der Waals surface area (Å²) in [5.74, 6) is 5.78. The molecule has 1 aromatic heterocycles. The zero-order chi connectivity index (χ0) is 14.4. The van der Waals surface area contributed by atoms with Gasteiger partial charge in [0.05, 0.1) is 0 Å². The summed E-state index contributed by atoms with van der Waals surface area (Å²) in [6, 6.07) is 0. The first kappa shape index (κ1) is 15.4. The first-order chi connectivity index (χ1) is 9.72. The fourth-order valence-corrected chi connectivity index (χ4v) is 3.79. The molecular formula is C15H26N4S. The summed E-state index contributed by atoms with van der Waals surface area (Å²) in [6.45, 7) is 8.40. The third kappa shape index (κ3) is 4.01. The molecule has 1 saturated heterocycles. The number of nitrogens with one attached hydrogen (secondary N) is 2. The number of rotatable bonds is 6. The second-order valence-corrected chi connectivity index (χ2v) is 6.83. The maximum absolute atomic E-state index is 4.46. The van der Waals surface area contributed by atoms with Crippen LogP contribution in [0, 0.1) is 5.92 Å². The zero-order valence-corrected chi connectivity index (χ0v) is 13.6. The topological polar surface area (TPSA) is 49.8 Å². The van der Waals surface area contributed by atoms with Crippen molar-refractivity contribution >= 4 is 23.4 Å². The predicted octanol–water partition coefficient (Wildman–Crippen LogP) is 3.59. The van der Waals surface area contributed by atoms with Crippen LogP contribution in [0.5, 0.6) is 0 Å². The van der Waals surface area contributed by atoms with Gasteiger partial charge >= 0.3 is 0 Å². The largest absolute Gasteiger partial charge is 0.370 e. The first-order valence-electron chi connectivity index (χ1n) is 7.62. The van der Waals surface area contributed by atoms with Gasteiger partial charge in [-0.3, -0.25) is 0 Å². The highest BCUT2D eigenvalue weighted by Gasteiger charge is 2.17. The van der Waals surface area contributed by atoms with Gasteiger partial charge in [0.1, 0.15) is 18.0 Å². The van der Waals surface area contributed by atoms with Crippen molar-refractivity contribution in [3.8, 4) is 0 Å². The summed E-state index contributed by atoms with van der Waals surface area (Å²) in [5, 5.41) is 6.90. The lowest BCUT2D eigenvalue weighted by molar-refractivity contribution is 0.515. The van der Waals surface area contributed by atoms with Crippen molar-refractivity contribution in [2.75, 3.05) is 35.2 Å². The summed E-state index contributed by atoms with van der Waals surface area (Å²) < 4.78 is 0. The minimum absolute atomic E-state index is 0.412. The van der Waals surface area contributed by atoms with Gasteiger partial charge in [-0.2, -0.15) is 11.8 Å². The van der Waals surface area contributed by atoms with E-state index in [1.54, 1.807) is 6.33 Å². The molecule has 0 unspecified atom stereocenters. The van der Waals surface area contributed by atoms with Gasteiger partial charge < -0.3 is 10.6 Å². The van der Waals surface area contributed by atoms with E-state index in [0.29, 0.717) is 5.92 Å². The van der Waals surface area contributed by atoms with Crippen LogP contribution in [0.15, 0.2) is 6.33 Å². The molecule has 20 heavy (non-hydrogen) atoms. The highest BCUT2D eigenvalue weighted by atomic mass is 32.2. The molecule has 0 bridgehead atoms. The van der Waals surface area contributed by atoms with Crippen molar-refractivity contribution in [2.45, 2.75) is 39.5 Å². The smallest absolute Gasteiger partial charge is 0.134 e. The van der Waals surface area contributed by atoms with E-state index < -0.39 is 0 Å². The molecule has 0 aromatic carbocycles. The van der Waals surface area contributed by atoms with Crippen molar-refractivity contribution in [1.29, 1.82) is 0 Å². The molecule has 0 spiro atoms. The van der Waals surface area contributed by atoms with E-state index in [4.69, 9.17) is 0 Å². The molecular weight excluding hydrogens is 268 g/mol. The molecule has 0 aliphatic carbocycles. The second-order valence-electron chi connectivity index (χ2n) is 5.61. The van der Waals surface area contributed by atoms with Crippen molar-refractivity contribution in [3.63, 3.8) is 0 Å². The third-order valence-corrected chi connectivity index (χ3v) is 4.75. The molecule has 5 heteroatoms. The van der Waals surface area contributed by atoms with Crippen LogP contribution < -0.4 is 10.6 Å². The molecule has 2 N–H and O–H groups in total. The first-order valence-corrected chi connectivity index (χ1v) is 8.78. The van der Waals surface area contributed by atoms with Crippen LogP contribution in [0.3, 0.4) is 0 Å². The molecule has 4 nitrogen and oxygen atoms in total. The van der Waals surface area contributed by atoms with Crippen LogP contribution in [0.1, 0.15) is 45.1 Å². The van der Waals surface area contributed by atoms with Crippen LogP contribution in [-0.2, 0) is 0 Å². The average molecular weight is 294 g/mol. The number of thioether (sulfide) groups is 1. The van der Waals surface area contributed by atoms with Crippen molar-refractivity contribution < 1.29 is 0 Å². The average Bonchev–Trinajstić information content (AvgIpc) is 2.46. The van der Waals surface area contributed by atoms with Gasteiger partial charge in [-0.1, -0.05) is 13.8 Å². The van der Waals surface area contributed by atoms with E-state index in [2.05, 4.69) is 53.1 Å². The van der Waals surface area contributed by atoms with Gasteiger partial charge in [0.25, 0.3) is 0 Å². The van der Waals surface area contributed by atoms with E-state index in [1.807, 2.05) is 0 Å². The summed E-state index contributed by atoms with van der Waals surface area (Å²) >= 11 is 2.07. The van der Waals surface area contributed by atoms with Gasteiger partial charge in [0, 0.05) is 18.7 Å². The van der Waals surface area contributed by atoms with Gasteiger partial charge in [-0.25, -0.2) is 9.97 Å². The van der Waals surface area contributed by atoms with Gasteiger partial charge in [0.2, 0.25) is 0 Å². The Kier molecular flexibility index (Phi) is 5.95. The quantitative estimate of drug-likeness (QED) is 0.839. The van der Waals surface area contributed by atoms with Crippen molar-refractivity contribution in [1.82, 2.24) is 9.97 Å². The molecule has 0 saturated carbocycles. The molecule has 1 aromatic rings. The predicted molar refractivity (Wildman–Crippen MR) is 88.8 cm³/mol. The SMILES string of the molecule is CCNc1ncnc(NCC2CCSCC2)c1C(C)C. The molecule has 0 amide bonds. The molecule has 2 rings (SSSR count). The van der Waals surface area contributed by atoms with E-state index in [1.165, 1.54) is 29.9 Å². The normalized spacial score (nSPS) is 16.4. The van der Waals surface area contributed by atoms with Crippen LogP contribution in [-0.4, -0.2) is 34.6 Å². The zero-order valence-electron chi connectivity index (χ0n) is 12.8. The number of aromatic nitrogens is 2. The molecule has 112 valence electrons. The Labute approximate surface area is 126 Å². The summed E-state index contributed by atoms with van der Waals surface area (Å²) in [4.78, 5) is 8.84. The fourth-order valence-electron chi connectivity index (χ4n) is 2.58. The Morgan fingerprint density at radius 3 is 2.45 bits per heavy atom. The number of nitrogens with zero attached hydrogens (tertiary/aromatic N) is 2. The van der Waals surface area contributed by atoms with Crippen LogP contribution >= 0.6 is 11.8 Å². The Morgan fingerprint density at radius 2 is 1.85 bits per heavy atom. The van der Waals surface area contributed by atoms with E-state index in [9.17, 15) is 0 Å². The summed E-state index contributed by atoms with van der Waals surface area (Å²) in [6.07, 6.45) is 4.29. The Balaban J connectivity index is 2.07. The Morgan fingerprint density at radius 1 is 1.20 bits per heavy atom. The third-order valence-electron chi connectivity index (χ3n) is 3.70. The monoisotopic (exact) mass is 294 g/mol. The second kappa shape index (κ2) is 7.72. The molecule has 0 atom stereocenters. The molecule has 2 heterocycles. The van der Waals surface area contributed by atoms with Gasteiger partial charge in [0.15, 0.2) is 0 Å². The number of hydrogen-bond donors (Lipinski definition) is 2. The molecule has 1 aliphatic rings. The fraction of sp³-hybridized carbons (Fsp3) is 0.733. The maximum Gasteiger partial charge on any atom is 0.134 e. The molecule has 1 aliphatic heterocycles. The highest BCUT2D eigenvalue weighted by molar-refractivity contribution is 7.99. The number of anilines is 2. The number of hydrogen-bond acceptors (Lipinski definition) is 5. The van der Waals surface area contributed by atoms with E-state index >= 15 is 0 Å². The maximum atomic E-state index is 4.46. The van der Waals surface area contributed by atoms with E-state index in [0.717, 1.165) is 30.6 Å². The van der Waals surface area contributed by atoms with Crippen LogP contribution in [0.25, 0.3) is 0 Å². The highest BCUT2D eigenvalue weighted by Crippen LogP contribution is 2.29. The lowest BCUT2D eigenvalue weighted by Crippen LogP contribution is -2.21. The van der Waals surface area contributed by atoms with Crippen LogP contribution in [0.4, 0.5) is 11.6 Å². The minimum atomic E-state index is 0.412. The Hall–Kier alpha value is -0.970. The molecule has 1 fully saturated rings. The lowest BCUT2D eigenvalue weighted by Gasteiger charge is -2.23. The minimum Gasteiger partial charge on any atom is -0.370 e. The molecule has 0 radical (unpaired) electrons. The summed E-state index contributed by atoms with van der Waals surface area (Å²) in [5.41, 5.74) is 1.21. The lowest BCUT2D eigenvalue weighted by atomic mass is 10.0. The summed E-state index contributed by atoms with van der Waals surface area (Å²) in [7, 11) is 0. The van der Waals surface area contributed by atoms with Gasteiger partial charge in [-0.05, 0) is 43.1 Å². The standard InChI is InChI=1S/C15H26N4S/c1-4-16-14-13(11(2)3)15(19-10-18-14)17-9-12-5-7-20-8-6-12/h10-12H,4-9H2,1-3H3,(H2,16,17,18,19). The van der Waals surface area contributed by atoms with Crippen LogP contribution in [0.2, 0.25) is 0 Å². The van der Waals surface area contributed by atoms with Crippen molar-refractivity contribution in [2.24, 2.45) is 5.92 Å². The van der Waals surface area contributed by atoms with E-state index in [-0.39, 0.29) is 0 Å². The van der Waals surface area contributed by atoms with Gasteiger partial charge in [-0.15, -0.1) is 0 Å². The van der Waals surface area contributed by atoms with Crippen molar-refractivity contribution in [3.05, 3.63) is 11.9 Å². The Bertz CT molecular complexity index is 416.